The molecular formula is C6H2ClN2NaO7S. The van der Waals surface area contributed by atoms with E-state index in [2.05, 4.69) is 0 Å². The third-order valence-corrected chi connectivity index (χ3v) is 2.95. The van der Waals surface area contributed by atoms with Crippen LogP contribution in [0, 0.1) is 20.2 Å². The molecule has 0 radical (unpaired) electrons. The second kappa shape index (κ2) is 5.91. The Balaban J connectivity index is 0.00000289. The van der Waals surface area contributed by atoms with Gasteiger partial charge in [-0.1, -0.05) is 11.6 Å². The molecule has 0 aromatic heterocycles. The number of hydrogen-bond acceptors (Lipinski definition) is 7. The third kappa shape index (κ3) is 3.37. The molecule has 0 aliphatic carbocycles. The van der Waals surface area contributed by atoms with Crippen LogP contribution >= 0.6 is 11.6 Å². The van der Waals surface area contributed by atoms with Crippen LogP contribution in [0.4, 0.5) is 11.4 Å². The quantitative estimate of drug-likeness (QED) is 0.273. The second-order valence-electron chi connectivity index (χ2n) is 2.71. The smallest absolute Gasteiger partial charge is 0.744 e. The van der Waals surface area contributed by atoms with E-state index >= 15 is 0 Å². The van der Waals surface area contributed by atoms with Crippen molar-refractivity contribution < 1.29 is 52.4 Å². The molecule has 0 aliphatic heterocycles. The molecule has 1 aromatic rings. The summed E-state index contributed by atoms with van der Waals surface area (Å²) in [6, 6.07) is 1.09. The molecule has 1 rings (SSSR count). The maximum Gasteiger partial charge on any atom is 1.00 e. The number of rotatable bonds is 3. The molecule has 0 aliphatic rings. The van der Waals surface area contributed by atoms with E-state index in [-0.39, 0.29) is 29.6 Å². The molecule has 0 bridgehead atoms. The van der Waals surface area contributed by atoms with Crippen LogP contribution in [-0.2, 0) is 10.1 Å². The standard InChI is InChI=1S/C6H3ClN2O7S.Na/c7-5-3(8(10)11)1-2-4(17(14,15)16)6(5)9(12)13;/h1-2H,(H,14,15,16);/q;+1/p-1. The molecule has 0 saturated heterocycles. The monoisotopic (exact) mass is 304 g/mol. The minimum absolute atomic E-state index is 0. The van der Waals surface area contributed by atoms with Crippen LogP contribution in [0.5, 0.6) is 0 Å². The molecule has 9 nitrogen and oxygen atoms in total. The normalized spacial score (nSPS) is 10.6. The van der Waals surface area contributed by atoms with Crippen molar-refractivity contribution in [3.8, 4) is 0 Å². The Labute approximate surface area is 127 Å². The summed E-state index contributed by atoms with van der Waals surface area (Å²) in [5.74, 6) is 0. The topological polar surface area (TPSA) is 143 Å². The largest absolute Gasteiger partial charge is 1.00 e. The van der Waals surface area contributed by atoms with Crippen LogP contribution < -0.4 is 29.6 Å². The Hall–Kier alpha value is -0.780. The first-order valence-corrected chi connectivity index (χ1v) is 5.52. The minimum atomic E-state index is -5.14. The molecule has 0 heterocycles. The molecule has 1 aromatic carbocycles. The van der Waals surface area contributed by atoms with Crippen LogP contribution in [0.2, 0.25) is 5.02 Å². The second-order valence-corrected chi connectivity index (χ2v) is 4.44. The predicted molar refractivity (Wildman–Crippen MR) is 52.7 cm³/mol. The van der Waals surface area contributed by atoms with E-state index in [0.717, 1.165) is 0 Å². The summed E-state index contributed by atoms with van der Waals surface area (Å²) in [5.41, 5.74) is -2.15. The van der Waals surface area contributed by atoms with Gasteiger partial charge in [-0.2, -0.15) is 0 Å². The number of halogens is 1. The van der Waals surface area contributed by atoms with Gasteiger partial charge in [0.25, 0.3) is 5.69 Å². The van der Waals surface area contributed by atoms with E-state index in [9.17, 15) is 33.2 Å². The summed E-state index contributed by atoms with van der Waals surface area (Å²) in [6.07, 6.45) is 0. The van der Waals surface area contributed by atoms with Crippen molar-refractivity contribution in [2.75, 3.05) is 0 Å². The van der Waals surface area contributed by atoms with Gasteiger partial charge in [-0.3, -0.25) is 20.2 Å². The first-order chi connectivity index (χ1) is 7.66. The molecule has 0 spiro atoms. The number of nitrogens with zero attached hydrogens (tertiary/aromatic N) is 2. The Morgan fingerprint density at radius 2 is 1.61 bits per heavy atom. The fourth-order valence-corrected chi connectivity index (χ4v) is 2.06. The number of benzene rings is 1. The minimum Gasteiger partial charge on any atom is -0.744 e. The number of hydrogen-bond donors (Lipinski definition) is 0. The van der Waals surface area contributed by atoms with Gasteiger partial charge >= 0.3 is 35.2 Å². The first-order valence-electron chi connectivity index (χ1n) is 3.73. The molecular weight excluding hydrogens is 303 g/mol. The molecule has 0 amide bonds. The molecule has 0 N–H and O–H groups in total. The SMILES string of the molecule is O=[N+]([O-])c1ccc(S(=O)(=O)[O-])c([N+](=O)[O-])c1Cl.[Na+]. The fraction of sp³-hybridized carbons (Fsp3) is 0. The molecule has 0 atom stereocenters. The van der Waals surface area contributed by atoms with Gasteiger partial charge in [0, 0.05) is 6.07 Å². The van der Waals surface area contributed by atoms with Gasteiger partial charge in [0.1, 0.15) is 15.0 Å². The van der Waals surface area contributed by atoms with Crippen LogP contribution in [0.15, 0.2) is 17.0 Å². The summed E-state index contributed by atoms with van der Waals surface area (Å²) in [5, 5.41) is 20.0. The summed E-state index contributed by atoms with van der Waals surface area (Å²) < 4.78 is 32.1. The van der Waals surface area contributed by atoms with E-state index in [1.807, 2.05) is 0 Å². The number of nitro groups is 2. The number of nitro benzene ring substituents is 2. The summed E-state index contributed by atoms with van der Waals surface area (Å²) in [6.45, 7) is 0. The Morgan fingerprint density at radius 1 is 1.11 bits per heavy atom. The van der Waals surface area contributed by atoms with Crippen LogP contribution in [0.3, 0.4) is 0 Å². The summed E-state index contributed by atoms with van der Waals surface area (Å²) in [4.78, 5) is 17.5. The summed E-state index contributed by atoms with van der Waals surface area (Å²) >= 11 is 5.32. The first kappa shape index (κ1) is 17.2. The zero-order valence-corrected chi connectivity index (χ0v) is 12.3. The average Bonchev–Trinajstić information content (AvgIpc) is 2.14. The van der Waals surface area contributed by atoms with Gasteiger partial charge in [-0.15, -0.1) is 0 Å². The third-order valence-electron chi connectivity index (χ3n) is 1.71. The maximum atomic E-state index is 10.7. The van der Waals surface area contributed by atoms with Crippen LogP contribution in [0.1, 0.15) is 0 Å². The Kier molecular flexibility index (Phi) is 5.65. The molecule has 0 saturated carbocycles. The molecule has 0 fully saturated rings. The predicted octanol–water partition coefficient (Wildman–Crippen LogP) is -1.94. The van der Waals surface area contributed by atoms with Crippen molar-refractivity contribution in [3.05, 3.63) is 37.4 Å². The van der Waals surface area contributed by atoms with E-state index in [0.29, 0.717) is 12.1 Å². The van der Waals surface area contributed by atoms with E-state index in [1.54, 1.807) is 0 Å². The molecule has 18 heavy (non-hydrogen) atoms. The Morgan fingerprint density at radius 3 is 1.94 bits per heavy atom. The fourth-order valence-electron chi connectivity index (χ4n) is 1.05. The van der Waals surface area contributed by atoms with Crippen LogP contribution in [0.25, 0.3) is 0 Å². The van der Waals surface area contributed by atoms with Crippen LogP contribution in [-0.4, -0.2) is 22.8 Å². The van der Waals surface area contributed by atoms with Gasteiger partial charge in [0.05, 0.1) is 9.85 Å². The van der Waals surface area contributed by atoms with Gasteiger partial charge in [0.2, 0.25) is 0 Å². The maximum absolute atomic E-state index is 10.7. The summed E-state index contributed by atoms with van der Waals surface area (Å²) in [7, 11) is -5.14. The zero-order valence-electron chi connectivity index (χ0n) is 8.69. The van der Waals surface area contributed by atoms with Crippen molar-refractivity contribution in [1.29, 1.82) is 0 Å². The van der Waals surface area contributed by atoms with Crippen molar-refractivity contribution in [3.63, 3.8) is 0 Å². The van der Waals surface area contributed by atoms with Gasteiger partial charge in [-0.05, 0) is 6.07 Å². The molecule has 92 valence electrons. The van der Waals surface area contributed by atoms with E-state index in [4.69, 9.17) is 11.6 Å². The van der Waals surface area contributed by atoms with E-state index < -0.39 is 41.3 Å². The zero-order chi connectivity index (χ0) is 13.4. The average molecular weight is 305 g/mol. The van der Waals surface area contributed by atoms with Crippen molar-refractivity contribution in [1.82, 2.24) is 0 Å². The van der Waals surface area contributed by atoms with E-state index in [1.165, 1.54) is 0 Å². The molecule has 0 unspecified atom stereocenters. The van der Waals surface area contributed by atoms with Gasteiger partial charge in [0.15, 0.2) is 5.02 Å². The van der Waals surface area contributed by atoms with Gasteiger partial charge in [-0.25, -0.2) is 8.42 Å². The van der Waals surface area contributed by atoms with Gasteiger partial charge < -0.3 is 4.55 Å². The van der Waals surface area contributed by atoms with Crippen molar-refractivity contribution >= 4 is 33.1 Å². The van der Waals surface area contributed by atoms with Crippen molar-refractivity contribution in [2.24, 2.45) is 0 Å². The Bertz CT molecular complexity index is 617. The van der Waals surface area contributed by atoms with Crippen molar-refractivity contribution in [2.45, 2.75) is 4.90 Å². The molecule has 12 heteroatoms.